The number of nitrogens with two attached hydrogens (primary N) is 1. The van der Waals surface area contributed by atoms with Crippen LogP contribution in [0, 0.1) is 3.57 Å². The Kier molecular flexibility index (Phi) is 6.17. The van der Waals surface area contributed by atoms with Gasteiger partial charge in [-0.2, -0.15) is 0 Å². The zero-order valence-electron chi connectivity index (χ0n) is 8.54. The summed E-state index contributed by atoms with van der Waals surface area (Å²) in [6.45, 7) is 0. The van der Waals surface area contributed by atoms with E-state index in [1.165, 1.54) is 0 Å². The van der Waals surface area contributed by atoms with E-state index in [4.69, 9.17) is 15.2 Å². The zero-order valence-corrected chi connectivity index (χ0v) is 10.7. The van der Waals surface area contributed by atoms with Crippen LogP contribution in [0.5, 0.6) is 11.5 Å². The molecule has 0 spiro atoms. The summed E-state index contributed by atoms with van der Waals surface area (Å²) < 4.78 is 11.2. The maximum absolute atomic E-state index is 10.8. The molecule has 2 N–H and O–H groups in total. The van der Waals surface area contributed by atoms with Gasteiger partial charge in [0.05, 0.1) is 24.2 Å². The highest BCUT2D eigenvalue weighted by Crippen LogP contribution is 2.30. The van der Waals surface area contributed by atoms with Gasteiger partial charge in [-0.05, 0) is 34.7 Å². The molecule has 0 aliphatic heterocycles. The summed E-state index contributed by atoms with van der Waals surface area (Å²) >= 11 is 2.14. The van der Waals surface area contributed by atoms with Gasteiger partial charge in [0.2, 0.25) is 5.91 Å². The van der Waals surface area contributed by atoms with Crippen LogP contribution >= 0.6 is 22.6 Å². The van der Waals surface area contributed by atoms with Gasteiger partial charge < -0.3 is 15.2 Å². The molecule has 16 heavy (non-hydrogen) atoms. The summed E-state index contributed by atoms with van der Waals surface area (Å²) in [5.74, 6) is 0.975. The van der Waals surface area contributed by atoms with E-state index in [2.05, 4.69) is 22.6 Å². The van der Waals surface area contributed by atoms with E-state index in [1.54, 1.807) is 20.3 Å². The van der Waals surface area contributed by atoms with Gasteiger partial charge >= 0.3 is 0 Å². The van der Waals surface area contributed by atoms with Gasteiger partial charge in [-0.3, -0.25) is 4.79 Å². The molecule has 0 fully saturated rings. The molecule has 0 unspecified atom stereocenters. The van der Waals surface area contributed by atoms with Crippen LogP contribution in [0.3, 0.4) is 0 Å². The Bertz CT molecular complexity index is 380. The van der Waals surface area contributed by atoms with Crippen molar-refractivity contribution in [3.8, 4) is 11.5 Å². The fourth-order valence-corrected chi connectivity index (χ4v) is 1.91. The molecule has 5 heteroatoms. The van der Waals surface area contributed by atoms with Crippen LogP contribution in [0.4, 0.5) is 0 Å². The Hall–Kier alpha value is -0.980. The maximum Gasteiger partial charge on any atom is 0.221 e. The monoisotopic (exact) mass is 337 g/mol. The third kappa shape index (κ3) is 3.55. The fraction of sp³-hybridized carbons (Fsp3) is 0.364. The molecule has 0 aliphatic carbocycles. The topological polar surface area (TPSA) is 61.5 Å². The van der Waals surface area contributed by atoms with Crippen molar-refractivity contribution in [2.45, 2.75) is 13.8 Å². The lowest BCUT2D eigenvalue weighted by molar-refractivity contribution is -0.117. The Morgan fingerprint density at radius 2 is 1.88 bits per heavy atom. The van der Waals surface area contributed by atoms with Gasteiger partial charge in [0, 0.05) is 5.56 Å². The molecular formula is C11H16INO3. The summed E-state index contributed by atoms with van der Waals surface area (Å²) in [5.41, 5.74) is 5.88. The van der Waals surface area contributed by atoms with Gasteiger partial charge in [-0.1, -0.05) is 7.43 Å². The third-order valence-corrected chi connectivity index (χ3v) is 2.76. The summed E-state index contributed by atoms with van der Waals surface area (Å²) in [6, 6.07) is 3.59. The zero-order chi connectivity index (χ0) is 11.4. The lowest BCUT2D eigenvalue weighted by Crippen LogP contribution is -2.14. The highest BCUT2D eigenvalue weighted by atomic mass is 127. The third-order valence-electron chi connectivity index (χ3n) is 1.92. The Labute approximate surface area is 109 Å². The number of halogens is 1. The standard InChI is InChI=1S/C10H12INO3.CH4/c1-14-8-5-7(11)9(15-2)3-6(8)4-10(12)13;/h3,5H,4H2,1-2H3,(H2,12,13);1H4. The number of carbonyl (C=O) groups is 1. The first-order chi connectivity index (χ1) is 7.08. The average Bonchev–Trinajstić information content (AvgIpc) is 2.19. The van der Waals surface area contributed by atoms with E-state index >= 15 is 0 Å². The van der Waals surface area contributed by atoms with Crippen molar-refractivity contribution >= 4 is 28.5 Å². The normalized spacial score (nSPS) is 9.19. The molecule has 0 aromatic heterocycles. The van der Waals surface area contributed by atoms with Gasteiger partial charge in [0.1, 0.15) is 11.5 Å². The summed E-state index contributed by atoms with van der Waals surface area (Å²) in [6.07, 6.45) is 0.149. The lowest BCUT2D eigenvalue weighted by Gasteiger charge is -2.10. The summed E-state index contributed by atoms with van der Waals surface area (Å²) in [7, 11) is 3.14. The number of ether oxygens (including phenoxy) is 2. The summed E-state index contributed by atoms with van der Waals surface area (Å²) in [4.78, 5) is 10.8. The second-order valence-electron chi connectivity index (χ2n) is 2.94. The molecule has 0 bridgehead atoms. The molecule has 0 atom stereocenters. The van der Waals surface area contributed by atoms with Crippen molar-refractivity contribution in [1.29, 1.82) is 0 Å². The molecule has 1 aromatic rings. The second kappa shape index (κ2) is 6.57. The first-order valence-electron chi connectivity index (χ1n) is 4.27. The summed E-state index contributed by atoms with van der Waals surface area (Å²) in [5, 5.41) is 0. The first kappa shape index (κ1) is 15.0. The molecule has 1 amide bonds. The van der Waals surface area contributed by atoms with Crippen molar-refractivity contribution < 1.29 is 14.3 Å². The number of amides is 1. The molecule has 1 rings (SSSR count). The highest BCUT2D eigenvalue weighted by Gasteiger charge is 2.11. The second-order valence-corrected chi connectivity index (χ2v) is 4.10. The number of hydrogen-bond acceptors (Lipinski definition) is 3. The SMILES string of the molecule is C.COc1cc(CC(N)=O)c(OC)cc1I. The van der Waals surface area contributed by atoms with Crippen LogP contribution in [-0.2, 0) is 11.2 Å². The van der Waals surface area contributed by atoms with E-state index in [-0.39, 0.29) is 13.8 Å². The molecule has 90 valence electrons. The number of hydrogen-bond donors (Lipinski definition) is 1. The molecule has 1 aromatic carbocycles. The highest BCUT2D eigenvalue weighted by molar-refractivity contribution is 14.1. The molecule has 0 radical (unpaired) electrons. The van der Waals surface area contributed by atoms with Crippen LogP contribution in [0.1, 0.15) is 13.0 Å². The van der Waals surface area contributed by atoms with Crippen LogP contribution in [-0.4, -0.2) is 20.1 Å². The number of primary amides is 1. The van der Waals surface area contributed by atoms with Crippen LogP contribution in [0.2, 0.25) is 0 Å². The number of rotatable bonds is 4. The number of methoxy groups -OCH3 is 2. The van der Waals surface area contributed by atoms with Crippen LogP contribution in [0.15, 0.2) is 12.1 Å². The molecule has 0 heterocycles. The van der Waals surface area contributed by atoms with Gasteiger partial charge in [0.25, 0.3) is 0 Å². The maximum atomic E-state index is 10.8. The predicted octanol–water partition coefficient (Wildman–Crippen LogP) is 1.97. The van der Waals surface area contributed by atoms with Crippen molar-refractivity contribution in [3.63, 3.8) is 0 Å². The first-order valence-corrected chi connectivity index (χ1v) is 5.35. The lowest BCUT2D eigenvalue weighted by atomic mass is 10.1. The Balaban J connectivity index is 0.00000225. The van der Waals surface area contributed by atoms with E-state index < -0.39 is 5.91 Å². The van der Waals surface area contributed by atoms with E-state index in [1.807, 2.05) is 6.07 Å². The minimum Gasteiger partial charge on any atom is -0.496 e. The van der Waals surface area contributed by atoms with Gasteiger partial charge in [-0.25, -0.2) is 0 Å². The smallest absolute Gasteiger partial charge is 0.221 e. The van der Waals surface area contributed by atoms with E-state index in [0.717, 1.165) is 9.13 Å². The average molecular weight is 337 g/mol. The Morgan fingerprint density at radius 1 is 1.31 bits per heavy atom. The van der Waals surface area contributed by atoms with Gasteiger partial charge in [0.15, 0.2) is 0 Å². The molecular weight excluding hydrogens is 321 g/mol. The van der Waals surface area contributed by atoms with Crippen molar-refractivity contribution in [1.82, 2.24) is 0 Å². The minimum absolute atomic E-state index is 0. The molecule has 0 saturated carbocycles. The van der Waals surface area contributed by atoms with Crippen molar-refractivity contribution in [2.75, 3.05) is 14.2 Å². The molecule has 0 aliphatic rings. The largest absolute Gasteiger partial charge is 0.496 e. The molecule has 4 nitrogen and oxygen atoms in total. The van der Waals surface area contributed by atoms with E-state index in [0.29, 0.717) is 11.5 Å². The quantitative estimate of drug-likeness (QED) is 0.855. The fourth-order valence-electron chi connectivity index (χ4n) is 1.25. The number of carbonyl (C=O) groups excluding carboxylic acids is 1. The number of benzene rings is 1. The van der Waals surface area contributed by atoms with Gasteiger partial charge in [-0.15, -0.1) is 0 Å². The van der Waals surface area contributed by atoms with Crippen LogP contribution < -0.4 is 15.2 Å². The van der Waals surface area contributed by atoms with Crippen LogP contribution in [0.25, 0.3) is 0 Å². The van der Waals surface area contributed by atoms with E-state index in [9.17, 15) is 4.79 Å². The minimum atomic E-state index is -0.392. The van der Waals surface area contributed by atoms with Crippen molar-refractivity contribution in [3.05, 3.63) is 21.3 Å². The molecule has 0 saturated heterocycles. The Morgan fingerprint density at radius 3 is 2.31 bits per heavy atom. The van der Waals surface area contributed by atoms with Crippen molar-refractivity contribution in [2.24, 2.45) is 5.73 Å². The predicted molar refractivity (Wildman–Crippen MR) is 71.9 cm³/mol.